The van der Waals surface area contributed by atoms with Crippen molar-refractivity contribution in [1.29, 1.82) is 0 Å². The molecule has 0 saturated heterocycles. The van der Waals surface area contributed by atoms with Crippen LogP contribution in [-0.4, -0.2) is 49.3 Å². The van der Waals surface area contributed by atoms with Gasteiger partial charge in [0.05, 0.1) is 10.6 Å². The van der Waals surface area contributed by atoms with Gasteiger partial charge in [-0.3, -0.25) is 24.4 Å². The number of fused-ring (bicyclic) bond motifs is 1. The molecule has 226 valence electrons. The molecule has 1 amide bonds. The maximum absolute atomic E-state index is 14.3. The number of hydrogen-bond donors (Lipinski definition) is 3. The van der Waals surface area contributed by atoms with Crippen LogP contribution in [0, 0.1) is 17.0 Å². The Kier molecular flexibility index (Phi) is 8.59. The molecule has 3 N–H and O–H groups in total. The van der Waals surface area contributed by atoms with E-state index in [1.54, 1.807) is 49.4 Å². The van der Waals surface area contributed by atoms with Crippen LogP contribution in [-0.2, 0) is 18.4 Å². The number of benzene rings is 3. The number of carbonyl (C=O) groups is 1. The molecule has 44 heavy (non-hydrogen) atoms. The van der Waals surface area contributed by atoms with Gasteiger partial charge in [0, 0.05) is 74.3 Å². The van der Waals surface area contributed by atoms with Crippen molar-refractivity contribution in [2.45, 2.75) is 32.4 Å². The molecular weight excluding hydrogens is 560 g/mol. The zero-order chi connectivity index (χ0) is 31.5. The largest absolute Gasteiger partial charge is 0.396 e. The quantitative estimate of drug-likeness (QED) is 0.151. The number of aromatic amines is 1. The molecule has 0 fully saturated rings. The smallest absolute Gasteiger partial charge is 0.269 e. The molecule has 0 aliphatic rings. The van der Waals surface area contributed by atoms with E-state index in [1.165, 1.54) is 17.0 Å². The minimum atomic E-state index is -0.851. The molecule has 0 saturated carbocycles. The van der Waals surface area contributed by atoms with Crippen molar-refractivity contribution in [2.75, 3.05) is 19.0 Å². The lowest BCUT2D eigenvalue weighted by atomic mass is 9.93. The molecule has 0 aliphatic carbocycles. The maximum Gasteiger partial charge on any atom is 0.269 e. The number of hydrogen-bond acceptors (Lipinski definition) is 7. The second-order valence-electron chi connectivity index (χ2n) is 11.0. The summed E-state index contributed by atoms with van der Waals surface area (Å²) in [4.78, 5) is 42.2. The van der Waals surface area contributed by atoms with Crippen LogP contribution in [0.25, 0.3) is 22.0 Å². The SMILES string of the molecule is Cc1cc(C(Nc2ccc3cc[nH]c(=O)c3c2)C(=O)N(C)Cc2cc([N+](=O)[O-])ccc2-c2ccnn2C)ccc1[C@@H](C)CO. The van der Waals surface area contributed by atoms with Crippen molar-refractivity contribution in [1.82, 2.24) is 19.7 Å². The zero-order valence-electron chi connectivity index (χ0n) is 24.9. The summed E-state index contributed by atoms with van der Waals surface area (Å²) < 4.78 is 1.68. The Bertz CT molecular complexity index is 1910. The third-order valence-corrected chi connectivity index (χ3v) is 7.95. The van der Waals surface area contributed by atoms with Gasteiger partial charge in [0.1, 0.15) is 6.04 Å². The highest BCUT2D eigenvalue weighted by Crippen LogP contribution is 2.31. The van der Waals surface area contributed by atoms with Crippen molar-refractivity contribution in [3.63, 3.8) is 0 Å². The summed E-state index contributed by atoms with van der Waals surface area (Å²) in [6.07, 6.45) is 3.23. The molecule has 3 aromatic carbocycles. The number of aromatic nitrogens is 3. The predicted molar refractivity (Wildman–Crippen MR) is 169 cm³/mol. The first kappa shape index (κ1) is 30.2. The van der Waals surface area contributed by atoms with Crippen molar-refractivity contribution in [3.05, 3.63) is 122 Å². The number of non-ortho nitro benzene ring substituents is 1. The van der Waals surface area contributed by atoms with Gasteiger partial charge in [0.25, 0.3) is 11.2 Å². The minimum Gasteiger partial charge on any atom is -0.396 e. The highest BCUT2D eigenvalue weighted by Gasteiger charge is 2.27. The van der Waals surface area contributed by atoms with Crippen molar-refractivity contribution in [3.8, 4) is 11.3 Å². The number of pyridine rings is 1. The van der Waals surface area contributed by atoms with Gasteiger partial charge in [0.2, 0.25) is 5.91 Å². The number of anilines is 1. The minimum absolute atomic E-state index is 0.00260. The summed E-state index contributed by atoms with van der Waals surface area (Å²) in [6.45, 7) is 3.96. The van der Waals surface area contributed by atoms with Gasteiger partial charge < -0.3 is 20.3 Å². The van der Waals surface area contributed by atoms with E-state index in [2.05, 4.69) is 15.4 Å². The van der Waals surface area contributed by atoms with E-state index in [4.69, 9.17) is 0 Å². The number of nitrogens with one attached hydrogen (secondary N) is 2. The van der Waals surface area contributed by atoms with E-state index in [-0.39, 0.29) is 36.2 Å². The molecular formula is C33H34N6O5. The van der Waals surface area contributed by atoms with E-state index in [0.717, 1.165) is 27.8 Å². The number of rotatable bonds is 10. The average Bonchev–Trinajstić information content (AvgIpc) is 3.44. The molecule has 0 spiro atoms. The summed E-state index contributed by atoms with van der Waals surface area (Å²) in [5.74, 6) is -0.350. The normalized spacial score (nSPS) is 12.6. The molecule has 2 atom stereocenters. The van der Waals surface area contributed by atoms with Crippen LogP contribution in [0.15, 0.2) is 83.9 Å². The number of aliphatic hydroxyl groups excluding tert-OH is 1. The van der Waals surface area contributed by atoms with Crippen molar-refractivity contribution >= 4 is 28.1 Å². The van der Waals surface area contributed by atoms with Crippen molar-refractivity contribution < 1.29 is 14.8 Å². The molecule has 0 bridgehead atoms. The Morgan fingerprint density at radius 1 is 1.14 bits per heavy atom. The van der Waals surface area contributed by atoms with Gasteiger partial charge in [-0.25, -0.2) is 0 Å². The third-order valence-electron chi connectivity index (χ3n) is 7.95. The number of nitrogens with zero attached hydrogens (tertiary/aromatic N) is 4. The fourth-order valence-corrected chi connectivity index (χ4v) is 5.52. The Hall–Kier alpha value is -5.29. The number of amides is 1. The Labute approximate surface area is 253 Å². The van der Waals surface area contributed by atoms with Gasteiger partial charge in [0.15, 0.2) is 0 Å². The molecule has 5 rings (SSSR count). The lowest BCUT2D eigenvalue weighted by molar-refractivity contribution is -0.384. The summed E-state index contributed by atoms with van der Waals surface area (Å²) in [5.41, 5.74) is 4.95. The molecule has 1 unspecified atom stereocenters. The van der Waals surface area contributed by atoms with Crippen LogP contribution < -0.4 is 10.9 Å². The summed E-state index contributed by atoms with van der Waals surface area (Å²) in [5, 5.41) is 30.2. The van der Waals surface area contributed by atoms with Gasteiger partial charge in [-0.15, -0.1) is 0 Å². The molecule has 2 heterocycles. The van der Waals surface area contributed by atoms with Crippen LogP contribution >= 0.6 is 0 Å². The van der Waals surface area contributed by atoms with E-state index < -0.39 is 11.0 Å². The maximum atomic E-state index is 14.3. The van der Waals surface area contributed by atoms with Gasteiger partial charge in [-0.1, -0.05) is 31.2 Å². The molecule has 5 aromatic rings. The lowest BCUT2D eigenvalue weighted by Gasteiger charge is -2.27. The second-order valence-corrected chi connectivity index (χ2v) is 11.0. The fraction of sp³-hybridized carbons (Fsp3) is 0.242. The zero-order valence-corrected chi connectivity index (χ0v) is 24.9. The highest BCUT2D eigenvalue weighted by molar-refractivity contribution is 5.89. The van der Waals surface area contributed by atoms with Crippen LogP contribution in [0.4, 0.5) is 11.4 Å². The van der Waals surface area contributed by atoms with Crippen LogP contribution in [0.5, 0.6) is 0 Å². The summed E-state index contributed by atoms with van der Waals surface area (Å²) >= 11 is 0. The Balaban J connectivity index is 1.54. The number of aryl methyl sites for hydroxylation is 2. The summed E-state index contributed by atoms with van der Waals surface area (Å²) in [7, 11) is 3.44. The molecule has 0 aliphatic heterocycles. The van der Waals surface area contributed by atoms with Gasteiger partial charge in [-0.05, 0) is 64.9 Å². The third kappa shape index (κ3) is 6.09. The number of carbonyl (C=O) groups excluding carboxylic acids is 1. The van der Waals surface area contributed by atoms with E-state index in [0.29, 0.717) is 22.2 Å². The Morgan fingerprint density at radius 3 is 2.61 bits per heavy atom. The fourth-order valence-electron chi connectivity index (χ4n) is 5.52. The summed E-state index contributed by atoms with van der Waals surface area (Å²) in [6, 6.07) is 18.4. The molecule has 11 heteroatoms. The second kappa shape index (κ2) is 12.5. The number of aliphatic hydroxyl groups is 1. The highest BCUT2D eigenvalue weighted by atomic mass is 16.6. The number of likely N-dealkylation sites (N-methyl/N-ethyl adjacent to an activating group) is 1. The first-order valence-electron chi connectivity index (χ1n) is 14.2. The predicted octanol–water partition coefficient (Wildman–Crippen LogP) is 5.05. The first-order valence-corrected chi connectivity index (χ1v) is 14.2. The molecule has 11 nitrogen and oxygen atoms in total. The monoisotopic (exact) mass is 594 g/mol. The number of nitro benzene ring substituents is 1. The molecule has 2 aromatic heterocycles. The first-order chi connectivity index (χ1) is 21.1. The topological polar surface area (TPSA) is 146 Å². The van der Waals surface area contributed by atoms with Crippen LogP contribution in [0.2, 0.25) is 0 Å². The van der Waals surface area contributed by atoms with Gasteiger partial charge in [-0.2, -0.15) is 5.10 Å². The van der Waals surface area contributed by atoms with Gasteiger partial charge >= 0.3 is 0 Å². The number of H-pyrrole nitrogens is 1. The average molecular weight is 595 g/mol. The van der Waals surface area contributed by atoms with Crippen LogP contribution in [0.3, 0.4) is 0 Å². The van der Waals surface area contributed by atoms with E-state index in [9.17, 15) is 24.8 Å². The number of nitro groups is 1. The standard InChI is InChI=1S/C33H34N6O5/c1-20-15-23(6-9-27(20)21(2)19-40)31(36-25-7-5-22-11-13-34-32(41)29(22)17-25)33(42)37(3)18-24-16-26(39(43)44)8-10-28(24)30-12-14-35-38(30)4/h5-17,21,31,36,40H,18-19H2,1-4H3,(H,34,41)/t21-,31?/m0/s1. The van der Waals surface area contributed by atoms with Crippen LogP contribution in [0.1, 0.15) is 41.1 Å². The Morgan fingerprint density at radius 2 is 1.93 bits per heavy atom. The molecule has 0 radical (unpaired) electrons. The lowest BCUT2D eigenvalue weighted by Crippen LogP contribution is -2.35. The van der Waals surface area contributed by atoms with Crippen molar-refractivity contribution in [2.24, 2.45) is 7.05 Å². The van der Waals surface area contributed by atoms with E-state index >= 15 is 0 Å². The van der Waals surface area contributed by atoms with E-state index in [1.807, 2.05) is 50.2 Å².